The van der Waals surface area contributed by atoms with Gasteiger partial charge in [0.25, 0.3) is 0 Å². The lowest BCUT2D eigenvalue weighted by Gasteiger charge is -2.07. The van der Waals surface area contributed by atoms with E-state index in [0.29, 0.717) is 5.69 Å². The van der Waals surface area contributed by atoms with Crippen molar-refractivity contribution < 1.29 is 19.1 Å². The fraction of sp³-hybridized carbons (Fsp3) is 0.286. The summed E-state index contributed by atoms with van der Waals surface area (Å²) in [5, 5.41) is 8.87. The topological polar surface area (TPSA) is 72.6 Å². The maximum atomic E-state index is 10.8. The third-order valence-electron chi connectivity index (χ3n) is 2.74. The molecule has 0 aliphatic carbocycles. The second kappa shape index (κ2) is 5.56. The number of para-hydroxylation sites is 1. The molecule has 2 rings (SSSR count). The van der Waals surface area contributed by atoms with Crippen molar-refractivity contribution in [3.8, 4) is 5.75 Å². The summed E-state index contributed by atoms with van der Waals surface area (Å²) < 4.78 is 10.7. The summed E-state index contributed by atoms with van der Waals surface area (Å²) in [7, 11) is 0. The first kappa shape index (κ1) is 13.1. The second-order valence-electron chi connectivity index (χ2n) is 4.08. The Hall–Kier alpha value is -2.30. The number of benzene rings is 1. The van der Waals surface area contributed by atoms with Crippen molar-refractivity contribution in [2.75, 3.05) is 0 Å². The molecule has 0 saturated heterocycles. The minimum atomic E-state index is -1.12. The van der Waals surface area contributed by atoms with Crippen LogP contribution in [0.25, 0.3) is 0 Å². The van der Waals surface area contributed by atoms with Gasteiger partial charge in [0.2, 0.25) is 11.7 Å². The molecule has 0 atom stereocenters. The second-order valence-corrected chi connectivity index (χ2v) is 4.08. The van der Waals surface area contributed by atoms with E-state index < -0.39 is 5.97 Å². The zero-order valence-corrected chi connectivity index (χ0v) is 10.8. The molecule has 0 amide bonds. The first-order valence-corrected chi connectivity index (χ1v) is 6.02. The maximum absolute atomic E-state index is 10.8. The van der Waals surface area contributed by atoms with E-state index in [9.17, 15) is 4.79 Å². The van der Waals surface area contributed by atoms with Gasteiger partial charge in [-0.05, 0) is 25.0 Å². The van der Waals surface area contributed by atoms with Crippen LogP contribution >= 0.6 is 0 Å². The molecule has 0 unspecified atom stereocenters. The van der Waals surface area contributed by atoms with Gasteiger partial charge in [-0.25, -0.2) is 9.78 Å². The molecule has 0 aliphatic rings. The highest BCUT2D eigenvalue weighted by molar-refractivity contribution is 5.85. The summed E-state index contributed by atoms with van der Waals surface area (Å²) in [5.74, 6) is -0.230. The molecule has 0 aliphatic heterocycles. The maximum Gasteiger partial charge on any atom is 0.373 e. The molecule has 1 N–H and O–H groups in total. The third-order valence-corrected chi connectivity index (χ3v) is 2.74. The zero-order valence-electron chi connectivity index (χ0n) is 10.8. The van der Waals surface area contributed by atoms with Crippen LogP contribution in [0.2, 0.25) is 0 Å². The molecule has 0 radical (unpaired) electrons. The van der Waals surface area contributed by atoms with Gasteiger partial charge in [-0.3, -0.25) is 0 Å². The smallest absolute Gasteiger partial charge is 0.373 e. The molecule has 5 heteroatoms. The molecule has 0 fully saturated rings. The molecule has 0 saturated carbocycles. The number of ether oxygens (including phenoxy) is 1. The Balaban J connectivity index is 2.10. The Morgan fingerprint density at radius 3 is 2.79 bits per heavy atom. The highest BCUT2D eigenvalue weighted by Crippen LogP contribution is 2.20. The lowest BCUT2D eigenvalue weighted by molar-refractivity contribution is 0.0657. The molecule has 1 heterocycles. The Bertz CT molecular complexity index is 589. The summed E-state index contributed by atoms with van der Waals surface area (Å²) in [6.07, 6.45) is 0.862. The van der Waals surface area contributed by atoms with Crippen molar-refractivity contribution >= 4 is 5.97 Å². The van der Waals surface area contributed by atoms with Gasteiger partial charge in [-0.1, -0.05) is 25.1 Å². The number of nitrogens with zero attached hydrogens (tertiary/aromatic N) is 1. The van der Waals surface area contributed by atoms with Crippen LogP contribution in [0.5, 0.6) is 5.75 Å². The fourth-order valence-electron chi connectivity index (χ4n) is 1.79. The molecule has 1 aromatic heterocycles. The van der Waals surface area contributed by atoms with Crippen LogP contribution in [0.1, 0.15) is 34.6 Å². The number of carboxylic acid groups (broad SMARTS) is 1. The van der Waals surface area contributed by atoms with Gasteiger partial charge < -0.3 is 14.3 Å². The van der Waals surface area contributed by atoms with Crippen molar-refractivity contribution in [2.24, 2.45) is 0 Å². The zero-order chi connectivity index (χ0) is 13.8. The largest absolute Gasteiger partial charge is 0.484 e. The third kappa shape index (κ3) is 2.93. The van der Waals surface area contributed by atoms with Crippen LogP contribution in [-0.4, -0.2) is 16.1 Å². The lowest BCUT2D eigenvalue weighted by Crippen LogP contribution is -1.98. The van der Waals surface area contributed by atoms with E-state index in [-0.39, 0.29) is 18.3 Å². The van der Waals surface area contributed by atoms with Crippen molar-refractivity contribution in [2.45, 2.75) is 26.9 Å². The fourth-order valence-corrected chi connectivity index (χ4v) is 1.79. The van der Waals surface area contributed by atoms with Crippen LogP contribution in [0.3, 0.4) is 0 Å². The first-order chi connectivity index (χ1) is 9.11. The number of aromatic nitrogens is 1. The normalized spacial score (nSPS) is 10.4. The molecule has 0 spiro atoms. The van der Waals surface area contributed by atoms with E-state index in [1.165, 1.54) is 0 Å². The van der Waals surface area contributed by atoms with Gasteiger partial charge >= 0.3 is 5.97 Å². The molecular formula is C14H15NO4. The Morgan fingerprint density at radius 1 is 1.42 bits per heavy atom. The number of hydrogen-bond acceptors (Lipinski definition) is 4. The summed E-state index contributed by atoms with van der Waals surface area (Å²) in [6.45, 7) is 3.75. The van der Waals surface area contributed by atoms with Crippen molar-refractivity contribution in [3.05, 3.63) is 47.2 Å². The van der Waals surface area contributed by atoms with Crippen molar-refractivity contribution in [3.63, 3.8) is 0 Å². The summed E-state index contributed by atoms with van der Waals surface area (Å²) in [5.41, 5.74) is 1.44. The van der Waals surface area contributed by atoms with E-state index in [1.54, 1.807) is 6.92 Å². The summed E-state index contributed by atoms with van der Waals surface area (Å²) in [6, 6.07) is 7.69. The Labute approximate surface area is 110 Å². The predicted molar refractivity (Wildman–Crippen MR) is 68.4 cm³/mol. The van der Waals surface area contributed by atoms with Crippen LogP contribution in [0.4, 0.5) is 0 Å². The van der Waals surface area contributed by atoms with Gasteiger partial charge in [0.05, 0.1) is 5.69 Å². The highest BCUT2D eigenvalue weighted by atomic mass is 16.5. The predicted octanol–water partition coefficient (Wildman–Crippen LogP) is 2.82. The molecule has 0 bridgehead atoms. The van der Waals surface area contributed by atoms with Crippen molar-refractivity contribution in [1.29, 1.82) is 0 Å². The number of aryl methyl sites for hydroxylation is 2. The monoisotopic (exact) mass is 261 g/mol. The molecular weight excluding hydrogens is 246 g/mol. The van der Waals surface area contributed by atoms with Crippen LogP contribution < -0.4 is 4.74 Å². The molecule has 100 valence electrons. The van der Waals surface area contributed by atoms with E-state index in [4.69, 9.17) is 14.3 Å². The van der Waals surface area contributed by atoms with Gasteiger partial charge in [0, 0.05) is 0 Å². The van der Waals surface area contributed by atoms with E-state index in [2.05, 4.69) is 4.98 Å². The van der Waals surface area contributed by atoms with E-state index in [0.717, 1.165) is 17.7 Å². The van der Waals surface area contributed by atoms with Gasteiger partial charge in [0.1, 0.15) is 5.75 Å². The lowest BCUT2D eigenvalue weighted by atomic mass is 10.1. The number of carbonyl (C=O) groups is 1. The van der Waals surface area contributed by atoms with E-state index in [1.807, 2.05) is 31.2 Å². The summed E-state index contributed by atoms with van der Waals surface area (Å²) >= 11 is 0. The Morgan fingerprint density at radius 2 is 2.16 bits per heavy atom. The first-order valence-electron chi connectivity index (χ1n) is 6.02. The van der Waals surface area contributed by atoms with Gasteiger partial charge in [0.15, 0.2) is 6.61 Å². The Kier molecular flexibility index (Phi) is 3.85. The SMILES string of the molecule is CCc1ccccc1OCc1nc(C)c(C(=O)O)o1. The van der Waals surface area contributed by atoms with E-state index >= 15 is 0 Å². The number of rotatable bonds is 5. The average molecular weight is 261 g/mol. The number of hydrogen-bond donors (Lipinski definition) is 1. The van der Waals surface area contributed by atoms with Crippen LogP contribution in [0, 0.1) is 6.92 Å². The van der Waals surface area contributed by atoms with Crippen LogP contribution in [0.15, 0.2) is 28.7 Å². The minimum Gasteiger partial charge on any atom is -0.484 e. The quantitative estimate of drug-likeness (QED) is 0.895. The summed E-state index contributed by atoms with van der Waals surface area (Å²) in [4.78, 5) is 14.9. The molecule has 19 heavy (non-hydrogen) atoms. The van der Waals surface area contributed by atoms with Gasteiger partial charge in [-0.2, -0.15) is 0 Å². The standard InChI is InChI=1S/C14H15NO4/c1-3-10-6-4-5-7-11(10)18-8-12-15-9(2)13(19-12)14(16)17/h4-7H,3,8H2,1-2H3,(H,16,17). The molecule has 1 aromatic carbocycles. The van der Waals surface area contributed by atoms with Gasteiger partial charge in [-0.15, -0.1) is 0 Å². The minimum absolute atomic E-state index is 0.116. The highest BCUT2D eigenvalue weighted by Gasteiger charge is 2.16. The number of oxazole rings is 1. The van der Waals surface area contributed by atoms with Crippen molar-refractivity contribution in [1.82, 2.24) is 4.98 Å². The van der Waals surface area contributed by atoms with Crippen LogP contribution in [-0.2, 0) is 13.0 Å². The molecule has 2 aromatic rings. The number of aromatic carboxylic acids is 1. The molecule has 5 nitrogen and oxygen atoms in total. The number of carboxylic acids is 1. The average Bonchev–Trinajstić information content (AvgIpc) is 2.78.